The van der Waals surface area contributed by atoms with Gasteiger partial charge in [-0.2, -0.15) is 8.42 Å². The zero-order valence-electron chi connectivity index (χ0n) is 23.1. The lowest BCUT2D eigenvalue weighted by Crippen LogP contribution is -2.46. The Bertz CT molecular complexity index is 1750. The fourth-order valence-corrected chi connectivity index (χ4v) is 6.04. The third kappa shape index (κ3) is 6.85. The van der Waals surface area contributed by atoms with Crippen molar-refractivity contribution in [3.8, 4) is 0 Å². The van der Waals surface area contributed by atoms with Gasteiger partial charge in [0, 0.05) is 42.0 Å². The minimum Gasteiger partial charge on any atom is -0.379 e. The lowest BCUT2D eigenvalue weighted by atomic mass is 9.92. The molecule has 1 aliphatic heterocycles. The summed E-state index contributed by atoms with van der Waals surface area (Å²) < 4.78 is 29.5. The molecule has 1 fully saturated rings. The van der Waals surface area contributed by atoms with E-state index >= 15 is 0 Å². The molecule has 1 heterocycles. The van der Waals surface area contributed by atoms with Crippen molar-refractivity contribution in [2.75, 3.05) is 25.0 Å². The van der Waals surface area contributed by atoms with Gasteiger partial charge in [0.15, 0.2) is 5.78 Å². The number of piperidine rings is 1. The van der Waals surface area contributed by atoms with E-state index in [0.29, 0.717) is 37.1 Å². The summed E-state index contributed by atoms with van der Waals surface area (Å²) in [6.45, 7) is 1.90. The summed E-state index contributed by atoms with van der Waals surface area (Å²) in [5.74, 6) is -1.45. The smallest absolute Gasteiger partial charge is 0.297 e. The second kappa shape index (κ2) is 12.5. The van der Waals surface area contributed by atoms with E-state index in [4.69, 9.17) is 15.8 Å². The number of ketones is 2. The van der Waals surface area contributed by atoms with Crippen LogP contribution in [0.5, 0.6) is 0 Å². The largest absolute Gasteiger partial charge is 0.379 e. The molecule has 1 aliphatic carbocycles. The van der Waals surface area contributed by atoms with Gasteiger partial charge >= 0.3 is 0 Å². The van der Waals surface area contributed by atoms with Gasteiger partial charge in [-0.3, -0.25) is 23.4 Å². The van der Waals surface area contributed by atoms with Crippen LogP contribution in [0.4, 0.5) is 5.69 Å². The number of rotatable bonds is 8. The van der Waals surface area contributed by atoms with Crippen LogP contribution < -0.4 is 10.6 Å². The van der Waals surface area contributed by atoms with Gasteiger partial charge in [-0.1, -0.05) is 53.6 Å². The van der Waals surface area contributed by atoms with Crippen molar-refractivity contribution in [3.05, 3.63) is 106 Å². The highest BCUT2D eigenvalue weighted by Crippen LogP contribution is 2.25. The molecular formula is C31H28ClN3O7S. The number of fused-ring (bicyclic) bond motifs is 1. The summed E-state index contributed by atoms with van der Waals surface area (Å²) in [7, 11) is -4.11. The number of hydrogen-bond acceptors (Lipinski definition) is 8. The lowest BCUT2D eigenvalue weighted by Gasteiger charge is -2.33. The van der Waals surface area contributed by atoms with E-state index in [1.807, 2.05) is 6.92 Å². The first-order valence-electron chi connectivity index (χ1n) is 13.5. The molecule has 0 radical (unpaired) electrons. The minimum absolute atomic E-state index is 0.0583. The highest BCUT2D eigenvalue weighted by atomic mass is 35.5. The van der Waals surface area contributed by atoms with Crippen molar-refractivity contribution >= 4 is 50.8 Å². The summed E-state index contributed by atoms with van der Waals surface area (Å²) in [6.07, 6.45) is 2.45. The number of nitrogens with one attached hydrogen (secondary N) is 2. The molecule has 0 saturated carbocycles. The maximum atomic E-state index is 13.2. The average molecular weight is 622 g/mol. The molecule has 3 aromatic rings. The topological polar surface area (TPSA) is 139 Å². The molecule has 3 aromatic carbocycles. The van der Waals surface area contributed by atoms with Crippen molar-refractivity contribution in [1.82, 2.24) is 10.2 Å². The number of carbonyl (C=O) groups is 4. The zero-order valence-corrected chi connectivity index (χ0v) is 24.7. The van der Waals surface area contributed by atoms with Gasteiger partial charge in [0.05, 0.1) is 21.2 Å². The molecule has 2 aliphatic rings. The van der Waals surface area contributed by atoms with Crippen molar-refractivity contribution in [2.24, 2.45) is 0 Å². The second-order valence-electron chi connectivity index (χ2n) is 10.3. The molecule has 2 N–H and O–H groups in total. The molecular weight excluding hydrogens is 594 g/mol. The van der Waals surface area contributed by atoms with Crippen molar-refractivity contribution < 1.29 is 31.8 Å². The maximum absolute atomic E-state index is 13.2. The van der Waals surface area contributed by atoms with Gasteiger partial charge in [-0.25, -0.2) is 0 Å². The molecule has 10 nitrogen and oxygen atoms in total. The van der Waals surface area contributed by atoms with Gasteiger partial charge in [0.1, 0.15) is 6.61 Å². The van der Waals surface area contributed by atoms with Crippen molar-refractivity contribution in [3.63, 3.8) is 0 Å². The van der Waals surface area contributed by atoms with Gasteiger partial charge < -0.3 is 15.5 Å². The highest BCUT2D eigenvalue weighted by Gasteiger charge is 2.30. The van der Waals surface area contributed by atoms with Crippen molar-refractivity contribution in [1.29, 1.82) is 0 Å². The van der Waals surface area contributed by atoms with Crippen LogP contribution in [-0.4, -0.2) is 62.4 Å². The second-order valence-corrected chi connectivity index (χ2v) is 12.3. The summed E-state index contributed by atoms with van der Waals surface area (Å²) in [5, 5.41) is 5.82. The van der Waals surface area contributed by atoms with Crippen LogP contribution in [0.2, 0.25) is 5.02 Å². The number of likely N-dealkylation sites (tertiary alicyclic amines) is 1. The molecule has 0 bridgehead atoms. The number of amides is 2. The number of Topliss-reactive ketones (excluding diaryl/α,β-unsaturated/α-hetero) is 1. The van der Waals surface area contributed by atoms with E-state index in [9.17, 15) is 27.6 Å². The Labute approximate surface area is 253 Å². The number of benzene rings is 3. The molecule has 0 spiro atoms. The number of anilines is 1. The molecule has 222 valence electrons. The summed E-state index contributed by atoms with van der Waals surface area (Å²) in [5.41, 5.74) is 2.42. The van der Waals surface area contributed by atoms with Crippen molar-refractivity contribution in [2.45, 2.75) is 30.7 Å². The predicted molar refractivity (Wildman–Crippen MR) is 160 cm³/mol. The quantitative estimate of drug-likeness (QED) is 0.358. The van der Waals surface area contributed by atoms with Gasteiger partial charge in [-0.05, 0) is 50.1 Å². The first-order valence-corrected chi connectivity index (χ1v) is 15.3. The van der Waals surface area contributed by atoms with E-state index in [1.54, 1.807) is 41.3 Å². The molecule has 0 unspecified atom stereocenters. The van der Waals surface area contributed by atoms with E-state index in [0.717, 1.165) is 5.56 Å². The molecule has 2 amide bonds. The normalized spacial score (nSPS) is 15.5. The summed E-state index contributed by atoms with van der Waals surface area (Å²) >= 11 is 6.38. The SMILES string of the molecule is Cc1ccc(S(=O)(=O)OCC(=O)Nc2ccc(C(=O)N3CCC(NC4=CC(=O)c5ccccc5C4=O)CC3)c(Cl)c2)cc1. The Morgan fingerprint density at radius 3 is 2.33 bits per heavy atom. The predicted octanol–water partition coefficient (Wildman–Crippen LogP) is 4.15. The Morgan fingerprint density at radius 1 is 0.977 bits per heavy atom. The number of allylic oxidation sites excluding steroid dienone is 2. The third-order valence-corrected chi connectivity index (χ3v) is 8.83. The molecule has 1 saturated heterocycles. The number of hydrogen-bond donors (Lipinski definition) is 2. The Kier molecular flexibility index (Phi) is 8.77. The molecule has 0 aromatic heterocycles. The number of nitrogens with zero attached hydrogens (tertiary/aromatic N) is 1. The van der Waals surface area contributed by atoms with Crippen LogP contribution in [0.3, 0.4) is 0 Å². The monoisotopic (exact) mass is 621 g/mol. The fraction of sp³-hybridized carbons (Fsp3) is 0.226. The maximum Gasteiger partial charge on any atom is 0.297 e. The molecule has 5 rings (SSSR count). The Morgan fingerprint density at radius 2 is 1.65 bits per heavy atom. The first-order chi connectivity index (χ1) is 20.5. The standard InChI is InChI=1S/C31H28ClN3O7S/c1-19-6-9-22(10-7-19)43(40,41)42-18-29(37)34-21-8-11-25(26(32)16-21)31(39)35-14-12-20(13-15-35)33-27-17-28(36)23-4-2-3-5-24(23)30(27)38/h2-11,16-17,20,33H,12-15,18H2,1H3,(H,34,37). The van der Waals surface area contributed by atoms with Crippen LogP contribution in [0.25, 0.3) is 0 Å². The van der Waals surface area contributed by atoms with E-state index in [2.05, 4.69) is 10.6 Å². The van der Waals surface area contributed by atoms with Crippen LogP contribution in [0, 0.1) is 6.92 Å². The van der Waals surface area contributed by atoms with Gasteiger partial charge in [0.25, 0.3) is 21.9 Å². The molecule has 43 heavy (non-hydrogen) atoms. The van der Waals surface area contributed by atoms with Crippen LogP contribution in [-0.2, 0) is 19.1 Å². The van der Waals surface area contributed by atoms with E-state index < -0.39 is 22.6 Å². The molecule has 0 atom stereocenters. The van der Waals surface area contributed by atoms with Crippen LogP contribution in [0.1, 0.15) is 49.5 Å². The van der Waals surface area contributed by atoms with Crippen LogP contribution >= 0.6 is 11.6 Å². The fourth-order valence-electron chi connectivity index (χ4n) is 4.91. The summed E-state index contributed by atoms with van der Waals surface area (Å²) in [4.78, 5) is 52.4. The zero-order chi connectivity index (χ0) is 30.7. The van der Waals surface area contributed by atoms with Gasteiger partial charge in [-0.15, -0.1) is 0 Å². The molecule has 12 heteroatoms. The van der Waals surface area contributed by atoms with Gasteiger partial charge in [0.2, 0.25) is 5.78 Å². The highest BCUT2D eigenvalue weighted by molar-refractivity contribution is 7.86. The van der Waals surface area contributed by atoms with E-state index in [1.165, 1.54) is 36.4 Å². The van der Waals surface area contributed by atoms with E-state index in [-0.39, 0.29) is 50.4 Å². The average Bonchev–Trinajstić information content (AvgIpc) is 2.99. The Balaban J connectivity index is 1.13. The number of aryl methyl sites for hydroxylation is 1. The minimum atomic E-state index is -4.11. The number of halogens is 1. The summed E-state index contributed by atoms with van der Waals surface area (Å²) in [6, 6.07) is 17.0. The third-order valence-electron chi connectivity index (χ3n) is 7.24. The lowest BCUT2D eigenvalue weighted by molar-refractivity contribution is -0.118. The van der Waals surface area contributed by atoms with Crippen LogP contribution in [0.15, 0.2) is 83.4 Å². The number of carbonyl (C=O) groups excluding carboxylic acids is 4. The Hall–Kier alpha value is -4.32. The first kappa shape index (κ1) is 30.1.